The van der Waals surface area contributed by atoms with E-state index < -0.39 is 18.0 Å². The average Bonchev–Trinajstić information content (AvgIpc) is 3.40. The monoisotopic (exact) mass is 474 g/mol. The van der Waals surface area contributed by atoms with Crippen LogP contribution in [0.4, 0.5) is 5.69 Å². The van der Waals surface area contributed by atoms with Crippen LogP contribution in [0.1, 0.15) is 11.7 Å². The number of anilines is 1. The van der Waals surface area contributed by atoms with E-state index in [4.69, 9.17) is 4.74 Å². The number of fused-ring (bicyclic) bond motifs is 3. The van der Waals surface area contributed by atoms with E-state index in [2.05, 4.69) is 10.3 Å². The fraction of sp³-hybridized carbons (Fsp3) is 0.308. The Balaban J connectivity index is 1.56. The molecule has 3 aromatic rings. The Morgan fingerprint density at radius 2 is 1.94 bits per heavy atom. The summed E-state index contributed by atoms with van der Waals surface area (Å²) in [5, 5.41) is 13.2. The molecule has 1 saturated heterocycles. The van der Waals surface area contributed by atoms with E-state index in [-0.39, 0.29) is 36.5 Å². The minimum absolute atomic E-state index is 0.189. The summed E-state index contributed by atoms with van der Waals surface area (Å²) in [5.41, 5.74) is 2.27. The number of aliphatic hydroxyl groups is 1. The van der Waals surface area contributed by atoms with Crippen molar-refractivity contribution in [3.05, 3.63) is 83.0 Å². The minimum atomic E-state index is -0.903. The topological polar surface area (TPSA) is 114 Å². The van der Waals surface area contributed by atoms with Gasteiger partial charge in [-0.05, 0) is 30.3 Å². The summed E-state index contributed by atoms with van der Waals surface area (Å²) in [6.07, 6.45) is 3.28. The van der Waals surface area contributed by atoms with Crippen LogP contribution >= 0.6 is 0 Å². The molecule has 4 heterocycles. The summed E-state index contributed by atoms with van der Waals surface area (Å²) in [4.78, 5) is 45.7. The summed E-state index contributed by atoms with van der Waals surface area (Å²) >= 11 is 0. The highest BCUT2D eigenvalue weighted by Gasteiger charge is 2.57. The second-order valence-corrected chi connectivity index (χ2v) is 8.82. The van der Waals surface area contributed by atoms with Crippen molar-refractivity contribution in [1.82, 2.24) is 14.5 Å². The van der Waals surface area contributed by atoms with E-state index in [9.17, 15) is 19.5 Å². The highest BCUT2D eigenvalue weighted by atomic mass is 16.5. The fourth-order valence-electron chi connectivity index (χ4n) is 5.44. The lowest BCUT2D eigenvalue weighted by molar-refractivity contribution is -0.143. The molecule has 1 fully saturated rings. The van der Waals surface area contributed by atoms with Gasteiger partial charge in [0.05, 0.1) is 6.04 Å². The number of amides is 2. The van der Waals surface area contributed by atoms with Crippen molar-refractivity contribution in [3.8, 4) is 11.1 Å². The highest BCUT2D eigenvalue weighted by molar-refractivity contribution is 5.98. The summed E-state index contributed by atoms with van der Waals surface area (Å²) < 4.78 is 6.76. The van der Waals surface area contributed by atoms with Crippen molar-refractivity contribution >= 4 is 17.5 Å². The van der Waals surface area contributed by atoms with Crippen LogP contribution in [-0.4, -0.2) is 57.7 Å². The first-order chi connectivity index (χ1) is 17.0. The summed E-state index contributed by atoms with van der Waals surface area (Å²) in [6, 6.07) is 14.7. The summed E-state index contributed by atoms with van der Waals surface area (Å²) in [6.45, 7) is -0.221. The van der Waals surface area contributed by atoms with Crippen LogP contribution in [-0.2, 0) is 20.9 Å². The maximum Gasteiger partial charge on any atom is 0.258 e. The predicted octanol–water partition coefficient (Wildman–Crippen LogP) is 1.69. The molecule has 2 N–H and O–H groups in total. The van der Waals surface area contributed by atoms with Crippen LogP contribution in [0.2, 0.25) is 0 Å². The first-order valence-corrected chi connectivity index (χ1v) is 11.5. The molecule has 2 amide bonds. The van der Waals surface area contributed by atoms with Crippen LogP contribution in [0.5, 0.6) is 0 Å². The van der Waals surface area contributed by atoms with Crippen LogP contribution in [0.15, 0.2) is 71.8 Å². The number of aliphatic hydroxyl groups excluding tert-OH is 1. The lowest BCUT2D eigenvalue weighted by atomic mass is 9.88. The molecule has 2 aliphatic heterocycles. The molecule has 9 heteroatoms. The molecule has 0 unspecified atom stereocenters. The Hall–Kier alpha value is -3.82. The number of carbonyl (C=O) groups excluding carboxylic acids is 2. The molecule has 2 aliphatic rings. The van der Waals surface area contributed by atoms with Gasteiger partial charge in [-0.3, -0.25) is 19.4 Å². The molecule has 1 aromatic carbocycles. The van der Waals surface area contributed by atoms with Gasteiger partial charge < -0.3 is 24.6 Å². The molecule has 0 spiro atoms. The number of ether oxygens (including phenoxy) is 1. The Labute approximate surface area is 202 Å². The number of nitrogens with zero attached hydrogens (tertiary/aromatic N) is 3. The summed E-state index contributed by atoms with van der Waals surface area (Å²) in [5.74, 6) is -1.60. The molecular weight excluding hydrogens is 448 g/mol. The second-order valence-electron chi connectivity index (χ2n) is 8.82. The molecule has 0 saturated carbocycles. The fourth-order valence-corrected chi connectivity index (χ4v) is 5.44. The van der Waals surface area contributed by atoms with Crippen molar-refractivity contribution in [3.63, 3.8) is 0 Å². The van der Waals surface area contributed by atoms with Crippen LogP contribution in [0.25, 0.3) is 11.1 Å². The van der Waals surface area contributed by atoms with Gasteiger partial charge in [0.2, 0.25) is 11.8 Å². The van der Waals surface area contributed by atoms with Gasteiger partial charge in [-0.2, -0.15) is 0 Å². The number of rotatable bonds is 6. The third-order valence-electron chi connectivity index (χ3n) is 6.91. The van der Waals surface area contributed by atoms with Gasteiger partial charge in [-0.1, -0.05) is 24.3 Å². The first-order valence-electron chi connectivity index (χ1n) is 11.5. The molecular formula is C26H26N4O5. The van der Waals surface area contributed by atoms with E-state index in [0.29, 0.717) is 29.1 Å². The number of aromatic nitrogens is 2. The van der Waals surface area contributed by atoms with Crippen LogP contribution < -0.4 is 10.9 Å². The van der Waals surface area contributed by atoms with Gasteiger partial charge >= 0.3 is 0 Å². The third kappa shape index (κ3) is 3.92. The quantitative estimate of drug-likeness (QED) is 0.562. The number of benzene rings is 1. The normalized spacial score (nSPS) is 22.5. The van der Waals surface area contributed by atoms with Crippen molar-refractivity contribution in [2.45, 2.75) is 18.6 Å². The molecule has 4 atom stereocenters. The molecule has 5 rings (SSSR count). The molecule has 0 aliphatic carbocycles. The van der Waals surface area contributed by atoms with Gasteiger partial charge in [0.15, 0.2) is 0 Å². The highest BCUT2D eigenvalue weighted by Crippen LogP contribution is 2.49. The second kappa shape index (κ2) is 9.44. The Bertz CT molecular complexity index is 1290. The van der Waals surface area contributed by atoms with E-state index in [0.717, 1.165) is 0 Å². The Morgan fingerprint density at radius 1 is 1.14 bits per heavy atom. The zero-order chi connectivity index (χ0) is 24.5. The van der Waals surface area contributed by atoms with Gasteiger partial charge in [0, 0.05) is 67.0 Å². The number of hydrogen-bond donors (Lipinski definition) is 2. The van der Waals surface area contributed by atoms with E-state index in [1.165, 1.54) is 12.0 Å². The van der Waals surface area contributed by atoms with Gasteiger partial charge in [0.1, 0.15) is 12.6 Å². The number of pyridine rings is 2. The number of likely N-dealkylation sites (tertiary alicyclic amines) is 1. The Kier molecular flexibility index (Phi) is 6.19. The molecule has 9 nitrogen and oxygen atoms in total. The lowest BCUT2D eigenvalue weighted by Gasteiger charge is -2.30. The van der Waals surface area contributed by atoms with Crippen molar-refractivity contribution < 1.29 is 19.4 Å². The number of carbonyl (C=O) groups is 2. The van der Waals surface area contributed by atoms with Crippen molar-refractivity contribution in [1.29, 1.82) is 0 Å². The van der Waals surface area contributed by atoms with E-state index >= 15 is 0 Å². The number of hydrogen-bond acceptors (Lipinski definition) is 6. The summed E-state index contributed by atoms with van der Waals surface area (Å²) in [7, 11) is 1.42. The average molecular weight is 475 g/mol. The smallest absolute Gasteiger partial charge is 0.258 e. The standard InChI is InChI=1S/C26H26N4O5/c1-35-15-22(32)30-23-19(20(14-31)24(30)25(33)28-17-7-3-2-4-8-17)13-29-21(23)10-9-18(26(29)34)16-6-5-11-27-12-16/h2-12,19-20,23-24,31H,13-15H2,1H3,(H,28,33)/t19-,20-,23+,24-/m1/s1. The number of methoxy groups -OCH3 is 1. The first kappa shape index (κ1) is 22.9. The van der Waals surface area contributed by atoms with Gasteiger partial charge in [-0.15, -0.1) is 0 Å². The minimum Gasteiger partial charge on any atom is -0.396 e. The van der Waals surface area contributed by atoms with Crippen LogP contribution in [0, 0.1) is 11.8 Å². The molecule has 2 aromatic heterocycles. The van der Waals surface area contributed by atoms with Crippen molar-refractivity contribution in [2.24, 2.45) is 11.8 Å². The predicted molar refractivity (Wildman–Crippen MR) is 128 cm³/mol. The van der Waals surface area contributed by atoms with Crippen LogP contribution in [0.3, 0.4) is 0 Å². The molecule has 0 radical (unpaired) electrons. The number of para-hydroxylation sites is 1. The van der Waals surface area contributed by atoms with Crippen molar-refractivity contribution in [2.75, 3.05) is 25.6 Å². The van der Waals surface area contributed by atoms with Gasteiger partial charge in [-0.25, -0.2) is 0 Å². The third-order valence-corrected chi connectivity index (χ3v) is 6.91. The Morgan fingerprint density at radius 3 is 2.63 bits per heavy atom. The zero-order valence-corrected chi connectivity index (χ0v) is 19.2. The van der Waals surface area contributed by atoms with E-state index in [1.807, 2.05) is 18.2 Å². The largest absolute Gasteiger partial charge is 0.396 e. The molecule has 180 valence electrons. The molecule has 35 heavy (non-hydrogen) atoms. The van der Waals surface area contributed by atoms with Gasteiger partial charge in [0.25, 0.3) is 5.56 Å². The lowest BCUT2D eigenvalue weighted by Crippen LogP contribution is -2.49. The zero-order valence-electron chi connectivity index (χ0n) is 19.2. The maximum absolute atomic E-state index is 13.4. The maximum atomic E-state index is 13.4. The molecule has 0 bridgehead atoms. The SMILES string of the molecule is COCC(=O)N1[C@@H]2c3ccc(-c4cccnc4)c(=O)n3C[C@@H]2[C@@H](CO)[C@@H]1C(=O)Nc1ccccc1. The number of nitrogens with one attached hydrogen (secondary N) is 1. The van der Waals surface area contributed by atoms with E-state index in [1.54, 1.807) is 53.4 Å².